The number of allylic oxidation sites excluding steroid dienone is 3. The zero-order chi connectivity index (χ0) is 18.5. The lowest BCUT2D eigenvalue weighted by Gasteiger charge is -2.25. The van der Waals surface area contributed by atoms with E-state index in [1.807, 2.05) is 34.6 Å². The number of sulfone groups is 1. The largest absolute Gasteiger partial charge is 0.480 e. The van der Waals surface area contributed by atoms with Crippen LogP contribution in [0.4, 0.5) is 0 Å². The second-order valence-electron chi connectivity index (χ2n) is 6.60. The van der Waals surface area contributed by atoms with Crippen LogP contribution >= 0.6 is 0 Å². The van der Waals surface area contributed by atoms with Crippen molar-refractivity contribution in [3.63, 3.8) is 0 Å². The van der Waals surface area contributed by atoms with Crippen LogP contribution in [0.2, 0.25) is 0 Å². The molecule has 1 rings (SSSR count). The number of hydrogen-bond donors (Lipinski definition) is 1. The normalized spacial score (nSPS) is 14.6. The van der Waals surface area contributed by atoms with Crippen molar-refractivity contribution in [2.75, 3.05) is 0 Å². The van der Waals surface area contributed by atoms with Crippen LogP contribution in [0.1, 0.15) is 39.7 Å². The fourth-order valence-corrected chi connectivity index (χ4v) is 3.88. The minimum absolute atomic E-state index is 0.0195. The Morgan fingerprint density at radius 1 is 1.21 bits per heavy atom. The number of aryl methyl sites for hydroxylation is 1. The Hall–Kier alpha value is -1.88. The first-order chi connectivity index (χ1) is 11.0. The van der Waals surface area contributed by atoms with Crippen LogP contribution in [0.3, 0.4) is 0 Å². The molecule has 1 aromatic rings. The van der Waals surface area contributed by atoms with E-state index < -0.39 is 20.6 Å². The summed E-state index contributed by atoms with van der Waals surface area (Å²) in [4.78, 5) is 12.1. The Kier molecular flexibility index (Phi) is 6.55. The summed E-state index contributed by atoms with van der Waals surface area (Å²) in [5.74, 6) is -1.32. The van der Waals surface area contributed by atoms with Gasteiger partial charge in [-0.25, -0.2) is 8.42 Å². The van der Waals surface area contributed by atoms with E-state index in [0.29, 0.717) is 0 Å². The molecule has 24 heavy (non-hydrogen) atoms. The Morgan fingerprint density at radius 2 is 1.75 bits per heavy atom. The lowest BCUT2D eigenvalue weighted by atomic mass is 10.0. The number of carbonyl (C=O) groups is 1. The molecule has 0 amide bonds. The Balaban J connectivity index is 3.62. The standard InChI is InChI=1S/C19H26O4S/c1-14(2)10-12-19(18(20)21,13-11-15(3)4)24(22,23)17-8-6-16(5)7-9-17/h6-12,14H,13H2,1-5H3,(H,20,21). The van der Waals surface area contributed by atoms with E-state index in [4.69, 9.17) is 0 Å². The second-order valence-corrected chi connectivity index (χ2v) is 8.81. The van der Waals surface area contributed by atoms with E-state index in [2.05, 4.69) is 0 Å². The van der Waals surface area contributed by atoms with Gasteiger partial charge in [-0.15, -0.1) is 0 Å². The van der Waals surface area contributed by atoms with Gasteiger partial charge in [0.15, 0.2) is 14.6 Å². The molecule has 1 unspecified atom stereocenters. The summed E-state index contributed by atoms with van der Waals surface area (Å²) in [6, 6.07) is 6.28. The molecular weight excluding hydrogens is 324 g/mol. The molecule has 1 N–H and O–H groups in total. The summed E-state index contributed by atoms with van der Waals surface area (Å²) >= 11 is 0. The van der Waals surface area contributed by atoms with Crippen molar-refractivity contribution in [1.29, 1.82) is 0 Å². The molecular formula is C19H26O4S. The number of carboxylic acid groups (broad SMARTS) is 1. The van der Waals surface area contributed by atoms with Crippen molar-refractivity contribution in [2.24, 2.45) is 5.92 Å². The first-order valence-electron chi connectivity index (χ1n) is 7.90. The maximum absolute atomic E-state index is 13.2. The molecule has 0 bridgehead atoms. The van der Waals surface area contributed by atoms with Gasteiger partial charge < -0.3 is 5.11 Å². The monoisotopic (exact) mass is 350 g/mol. The zero-order valence-corrected chi connectivity index (χ0v) is 15.7. The number of rotatable bonds is 7. The van der Waals surface area contributed by atoms with E-state index in [1.54, 1.807) is 24.3 Å². The predicted octanol–water partition coefficient (Wildman–Crippen LogP) is 4.16. The maximum Gasteiger partial charge on any atom is 0.329 e. The summed E-state index contributed by atoms with van der Waals surface area (Å²) in [6.45, 7) is 9.24. The lowest BCUT2D eigenvalue weighted by Crippen LogP contribution is -2.44. The van der Waals surface area contributed by atoms with Gasteiger partial charge in [0, 0.05) is 0 Å². The van der Waals surface area contributed by atoms with Crippen molar-refractivity contribution in [2.45, 2.75) is 50.7 Å². The van der Waals surface area contributed by atoms with Crippen LogP contribution < -0.4 is 0 Å². The Bertz CT molecular complexity index is 736. The number of aliphatic carboxylic acids is 1. The highest BCUT2D eigenvalue weighted by Crippen LogP contribution is 2.33. The minimum atomic E-state index is -4.10. The van der Waals surface area contributed by atoms with Crippen molar-refractivity contribution >= 4 is 15.8 Å². The molecule has 0 fully saturated rings. The molecule has 0 aromatic heterocycles. The summed E-state index contributed by atoms with van der Waals surface area (Å²) in [5, 5.41) is 9.84. The first kappa shape index (κ1) is 20.2. The van der Waals surface area contributed by atoms with Crippen molar-refractivity contribution < 1.29 is 18.3 Å². The molecule has 0 aliphatic rings. The van der Waals surface area contributed by atoms with Gasteiger partial charge in [-0.3, -0.25) is 4.79 Å². The summed E-state index contributed by atoms with van der Waals surface area (Å²) in [6.07, 6.45) is 4.52. The fourth-order valence-electron chi connectivity index (χ4n) is 2.17. The topological polar surface area (TPSA) is 71.4 Å². The number of hydrogen-bond acceptors (Lipinski definition) is 3. The molecule has 132 valence electrons. The highest BCUT2D eigenvalue weighted by Gasteiger charge is 2.49. The maximum atomic E-state index is 13.2. The molecule has 0 spiro atoms. The molecule has 0 heterocycles. The zero-order valence-electron chi connectivity index (χ0n) is 14.9. The Morgan fingerprint density at radius 3 is 2.17 bits per heavy atom. The van der Waals surface area contributed by atoms with E-state index in [9.17, 15) is 18.3 Å². The van der Waals surface area contributed by atoms with Crippen LogP contribution in [-0.4, -0.2) is 24.2 Å². The van der Waals surface area contributed by atoms with Gasteiger partial charge in [-0.05, 0) is 45.2 Å². The summed E-state index contributed by atoms with van der Waals surface area (Å²) in [7, 11) is -4.10. The number of benzene rings is 1. The number of carboxylic acids is 1. The van der Waals surface area contributed by atoms with Gasteiger partial charge in [0.2, 0.25) is 0 Å². The van der Waals surface area contributed by atoms with E-state index >= 15 is 0 Å². The van der Waals surface area contributed by atoms with E-state index in [0.717, 1.165) is 11.1 Å². The first-order valence-corrected chi connectivity index (χ1v) is 9.38. The predicted molar refractivity (Wildman–Crippen MR) is 96.8 cm³/mol. The van der Waals surface area contributed by atoms with Crippen molar-refractivity contribution in [1.82, 2.24) is 0 Å². The van der Waals surface area contributed by atoms with Crippen LogP contribution in [0.15, 0.2) is 53.0 Å². The van der Waals surface area contributed by atoms with Gasteiger partial charge >= 0.3 is 5.97 Å². The summed E-state index contributed by atoms with van der Waals surface area (Å²) < 4.78 is 24.3. The van der Waals surface area contributed by atoms with Gasteiger partial charge in [0.1, 0.15) is 0 Å². The minimum Gasteiger partial charge on any atom is -0.480 e. The van der Waals surface area contributed by atoms with Crippen LogP contribution in [0.25, 0.3) is 0 Å². The van der Waals surface area contributed by atoms with E-state index in [1.165, 1.54) is 18.2 Å². The molecule has 0 aliphatic heterocycles. The quantitative estimate of drug-likeness (QED) is 0.750. The fraction of sp³-hybridized carbons (Fsp3) is 0.421. The van der Waals surface area contributed by atoms with Crippen LogP contribution in [0, 0.1) is 12.8 Å². The molecule has 5 heteroatoms. The van der Waals surface area contributed by atoms with Crippen LogP contribution in [0.5, 0.6) is 0 Å². The molecule has 0 saturated carbocycles. The third-order valence-corrected chi connectivity index (χ3v) is 6.07. The Labute approximate surface area is 144 Å². The average molecular weight is 350 g/mol. The highest BCUT2D eigenvalue weighted by molar-refractivity contribution is 7.93. The van der Waals surface area contributed by atoms with Gasteiger partial charge in [0.05, 0.1) is 4.90 Å². The molecule has 0 aliphatic carbocycles. The van der Waals surface area contributed by atoms with Crippen molar-refractivity contribution in [3.05, 3.63) is 53.6 Å². The third-order valence-electron chi connectivity index (χ3n) is 3.74. The molecule has 0 saturated heterocycles. The average Bonchev–Trinajstić information content (AvgIpc) is 2.46. The lowest BCUT2D eigenvalue weighted by molar-refractivity contribution is -0.138. The smallest absolute Gasteiger partial charge is 0.329 e. The molecule has 0 radical (unpaired) electrons. The molecule has 1 atom stereocenters. The van der Waals surface area contributed by atoms with Gasteiger partial charge in [-0.2, -0.15) is 0 Å². The second kappa shape index (κ2) is 7.79. The SMILES string of the molecule is CC(C)=CCC(C=CC(C)C)(C(=O)O)S(=O)(=O)c1ccc(C)cc1. The third kappa shape index (κ3) is 4.35. The van der Waals surface area contributed by atoms with Crippen LogP contribution in [-0.2, 0) is 14.6 Å². The summed E-state index contributed by atoms with van der Waals surface area (Å²) in [5.41, 5.74) is 1.79. The van der Waals surface area contributed by atoms with Crippen molar-refractivity contribution in [3.8, 4) is 0 Å². The van der Waals surface area contributed by atoms with Gasteiger partial charge in [0.25, 0.3) is 0 Å². The van der Waals surface area contributed by atoms with Gasteiger partial charge in [-0.1, -0.05) is 55.3 Å². The molecule has 1 aromatic carbocycles. The van der Waals surface area contributed by atoms with E-state index in [-0.39, 0.29) is 17.2 Å². The highest BCUT2D eigenvalue weighted by atomic mass is 32.2. The molecule has 4 nitrogen and oxygen atoms in total.